The molecule has 3 N–H and O–H groups in total. The third kappa shape index (κ3) is 4.06. The number of nitriles is 1. The molecule has 0 spiro atoms. The van der Waals surface area contributed by atoms with Crippen LogP contribution in [0.1, 0.15) is 16.1 Å². The summed E-state index contributed by atoms with van der Waals surface area (Å²) in [5.74, 6) is -0.704. The van der Waals surface area contributed by atoms with Crippen molar-refractivity contribution in [1.29, 1.82) is 5.26 Å². The minimum atomic E-state index is -0.704. The normalized spacial score (nSPS) is 8.00. The van der Waals surface area contributed by atoms with E-state index < -0.39 is 5.91 Å². The monoisotopic (exact) mass is 227 g/mol. The number of primary amides is 1. The number of nitrogens with zero attached hydrogens (tertiary/aromatic N) is 2. The zero-order chi connectivity index (χ0) is 11.8. The number of nitrogens with two attached hydrogens (primary N) is 1. The van der Waals surface area contributed by atoms with E-state index in [-0.39, 0.29) is 17.2 Å². The number of hydrogen-bond acceptors (Lipinski definition) is 4. The Morgan fingerprint density at radius 1 is 1.73 bits per heavy atom. The van der Waals surface area contributed by atoms with Crippen LogP contribution in [-0.4, -0.2) is 22.5 Å². The number of rotatable bonds is 1. The van der Waals surface area contributed by atoms with Gasteiger partial charge in [-0.1, -0.05) is 11.6 Å². The number of carbonyl (C=O) groups excluding carboxylic acids is 1. The predicted octanol–water partition coefficient (Wildman–Crippen LogP) is 0.406. The lowest BCUT2D eigenvalue weighted by Crippen LogP contribution is -2.13. The van der Waals surface area contributed by atoms with Gasteiger partial charge >= 0.3 is 0 Å². The number of aromatic nitrogens is 1. The highest BCUT2D eigenvalue weighted by Crippen LogP contribution is 2.13. The second kappa shape index (κ2) is 6.34. The van der Waals surface area contributed by atoms with E-state index >= 15 is 0 Å². The first kappa shape index (κ1) is 12.9. The van der Waals surface area contributed by atoms with E-state index in [9.17, 15) is 4.79 Å². The van der Waals surface area contributed by atoms with E-state index in [2.05, 4.69) is 4.98 Å². The Morgan fingerprint density at radius 2 is 2.27 bits per heavy atom. The van der Waals surface area contributed by atoms with Gasteiger partial charge in [-0.25, -0.2) is 4.98 Å². The second-order valence-electron chi connectivity index (χ2n) is 2.14. The van der Waals surface area contributed by atoms with E-state index in [1.807, 2.05) is 6.07 Å². The highest BCUT2D eigenvalue weighted by Gasteiger charge is 2.07. The van der Waals surface area contributed by atoms with Crippen molar-refractivity contribution < 1.29 is 14.7 Å². The summed E-state index contributed by atoms with van der Waals surface area (Å²) in [4.78, 5) is 22.6. The van der Waals surface area contributed by atoms with Crippen molar-refractivity contribution in [2.45, 2.75) is 0 Å². The number of amides is 1. The Labute approximate surface area is 89.9 Å². The van der Waals surface area contributed by atoms with Crippen LogP contribution in [-0.2, 0) is 4.79 Å². The third-order valence-electron chi connectivity index (χ3n) is 1.20. The van der Waals surface area contributed by atoms with Crippen LogP contribution in [0.2, 0.25) is 5.02 Å². The molecule has 0 radical (unpaired) electrons. The molecular weight excluding hydrogens is 222 g/mol. The van der Waals surface area contributed by atoms with Gasteiger partial charge in [-0.05, 0) is 6.07 Å². The first-order valence-electron chi connectivity index (χ1n) is 3.50. The first-order chi connectivity index (χ1) is 7.06. The Bertz CT molecular complexity index is 414. The smallest absolute Gasteiger partial charge is 0.290 e. The largest absolute Gasteiger partial charge is 0.483 e. The average Bonchev–Trinajstić information content (AvgIpc) is 2.18. The molecule has 78 valence electrons. The predicted molar refractivity (Wildman–Crippen MR) is 51.2 cm³/mol. The van der Waals surface area contributed by atoms with Crippen LogP contribution in [0.25, 0.3) is 0 Å². The molecule has 1 aromatic rings. The van der Waals surface area contributed by atoms with Gasteiger partial charge in [0, 0.05) is 6.20 Å². The first-order valence-corrected chi connectivity index (χ1v) is 3.88. The lowest BCUT2D eigenvalue weighted by Gasteiger charge is -1.96. The number of pyridine rings is 1. The number of carboxylic acid groups (broad SMARTS) is 1. The van der Waals surface area contributed by atoms with Crippen molar-refractivity contribution in [3.8, 4) is 6.07 Å². The van der Waals surface area contributed by atoms with Crippen LogP contribution < -0.4 is 5.73 Å². The molecule has 0 aliphatic heterocycles. The van der Waals surface area contributed by atoms with Crippen LogP contribution in [0.3, 0.4) is 0 Å². The number of halogens is 1. The lowest BCUT2D eigenvalue weighted by molar-refractivity contribution is -0.122. The van der Waals surface area contributed by atoms with Crippen molar-refractivity contribution in [2.24, 2.45) is 5.73 Å². The van der Waals surface area contributed by atoms with Gasteiger partial charge in [-0.2, -0.15) is 5.26 Å². The van der Waals surface area contributed by atoms with Crippen LogP contribution in [0.4, 0.5) is 0 Å². The molecule has 0 saturated heterocycles. The molecule has 0 aromatic carbocycles. The van der Waals surface area contributed by atoms with Crippen molar-refractivity contribution in [2.75, 3.05) is 0 Å². The summed E-state index contributed by atoms with van der Waals surface area (Å²) in [5.41, 5.74) is 5.22. The molecule has 1 rings (SSSR count). The quantitative estimate of drug-likeness (QED) is 0.674. The van der Waals surface area contributed by atoms with Crippen molar-refractivity contribution in [3.05, 3.63) is 28.5 Å². The van der Waals surface area contributed by atoms with E-state index in [0.717, 1.165) is 0 Å². The Kier molecular flexibility index (Phi) is 5.44. The fourth-order valence-corrected chi connectivity index (χ4v) is 0.940. The minimum Gasteiger partial charge on any atom is -0.483 e. The van der Waals surface area contributed by atoms with E-state index in [0.29, 0.717) is 5.56 Å². The zero-order valence-corrected chi connectivity index (χ0v) is 8.10. The van der Waals surface area contributed by atoms with Crippen LogP contribution in [0.5, 0.6) is 0 Å². The number of hydrogen-bond donors (Lipinski definition) is 2. The highest BCUT2D eigenvalue weighted by atomic mass is 35.5. The molecule has 0 aliphatic carbocycles. The molecule has 0 saturated carbocycles. The summed E-state index contributed by atoms with van der Waals surface area (Å²) in [6, 6.07) is 3.18. The molecule has 15 heavy (non-hydrogen) atoms. The molecule has 7 heteroatoms. The Balaban J connectivity index is 0.000000583. The maximum atomic E-state index is 10.6. The Hall–Kier alpha value is -2.13. The molecule has 6 nitrogen and oxygen atoms in total. The van der Waals surface area contributed by atoms with Crippen molar-refractivity contribution in [1.82, 2.24) is 4.98 Å². The second-order valence-corrected chi connectivity index (χ2v) is 2.54. The van der Waals surface area contributed by atoms with Crippen molar-refractivity contribution in [3.63, 3.8) is 0 Å². The lowest BCUT2D eigenvalue weighted by atomic mass is 10.2. The van der Waals surface area contributed by atoms with Crippen LogP contribution in [0.15, 0.2) is 12.3 Å². The SMILES string of the molecule is N#Cc1cnc(C(N)=O)c(Cl)c1.O=CO. The van der Waals surface area contributed by atoms with E-state index in [1.54, 1.807) is 0 Å². The third-order valence-corrected chi connectivity index (χ3v) is 1.49. The van der Waals surface area contributed by atoms with Crippen LogP contribution in [0, 0.1) is 11.3 Å². The summed E-state index contributed by atoms with van der Waals surface area (Å²) in [7, 11) is 0. The molecule has 1 heterocycles. The molecule has 0 fully saturated rings. The fraction of sp³-hybridized carbons (Fsp3) is 0. The molecule has 0 bridgehead atoms. The van der Waals surface area contributed by atoms with Gasteiger partial charge in [0.1, 0.15) is 11.8 Å². The summed E-state index contributed by atoms with van der Waals surface area (Å²) < 4.78 is 0. The van der Waals surface area contributed by atoms with Crippen LogP contribution >= 0.6 is 11.6 Å². The van der Waals surface area contributed by atoms with Gasteiger partial charge < -0.3 is 10.8 Å². The van der Waals surface area contributed by atoms with Gasteiger partial charge in [0.05, 0.1) is 10.6 Å². The molecule has 1 amide bonds. The van der Waals surface area contributed by atoms with E-state index in [4.69, 9.17) is 32.5 Å². The topological polar surface area (TPSA) is 117 Å². The van der Waals surface area contributed by atoms with Crippen molar-refractivity contribution >= 4 is 24.0 Å². The maximum absolute atomic E-state index is 10.6. The summed E-state index contributed by atoms with van der Waals surface area (Å²) >= 11 is 5.59. The maximum Gasteiger partial charge on any atom is 0.290 e. The highest BCUT2D eigenvalue weighted by molar-refractivity contribution is 6.33. The van der Waals surface area contributed by atoms with Gasteiger partial charge in [0.2, 0.25) is 0 Å². The van der Waals surface area contributed by atoms with Gasteiger partial charge in [0.15, 0.2) is 0 Å². The number of carbonyl (C=O) groups is 2. The molecular formula is C8H6ClN3O3. The average molecular weight is 228 g/mol. The molecule has 1 aromatic heterocycles. The molecule has 0 unspecified atom stereocenters. The summed E-state index contributed by atoms with van der Waals surface area (Å²) in [5, 5.41) is 15.4. The Morgan fingerprint density at radius 3 is 2.60 bits per heavy atom. The zero-order valence-electron chi connectivity index (χ0n) is 7.35. The van der Waals surface area contributed by atoms with E-state index in [1.165, 1.54) is 12.3 Å². The molecule has 0 aliphatic rings. The summed E-state index contributed by atoms with van der Waals surface area (Å²) in [6.07, 6.45) is 1.24. The summed E-state index contributed by atoms with van der Waals surface area (Å²) in [6.45, 7) is -0.250. The standard InChI is InChI=1S/C7H4ClN3O.CH2O2/c8-5-1-4(2-9)3-11-6(5)7(10)12;2-1-3/h1,3H,(H2,10,12);1H,(H,2,3). The van der Waals surface area contributed by atoms with Gasteiger partial charge in [-0.15, -0.1) is 0 Å². The molecule has 0 atom stereocenters. The van der Waals surface area contributed by atoms with Gasteiger partial charge in [0.25, 0.3) is 12.4 Å². The van der Waals surface area contributed by atoms with Gasteiger partial charge in [-0.3, -0.25) is 9.59 Å². The fourth-order valence-electron chi connectivity index (χ4n) is 0.680. The minimum absolute atomic E-state index is 0.0179.